The molecule has 112 valence electrons. The van der Waals surface area contributed by atoms with E-state index in [9.17, 15) is 0 Å². The monoisotopic (exact) mass is 344 g/mol. The summed E-state index contributed by atoms with van der Waals surface area (Å²) in [5, 5.41) is 3.38. The average molecular weight is 345 g/mol. The van der Waals surface area contributed by atoms with Crippen LogP contribution in [0.2, 0.25) is 0 Å². The zero-order chi connectivity index (χ0) is 13.8. The summed E-state index contributed by atoms with van der Waals surface area (Å²) in [5.41, 5.74) is 1.14. The minimum absolute atomic E-state index is 0.257. The molecule has 0 spiro atoms. The number of ether oxygens (including phenoxy) is 3. The van der Waals surface area contributed by atoms with E-state index < -0.39 is 0 Å². The van der Waals surface area contributed by atoms with E-state index in [0.717, 1.165) is 75.0 Å². The lowest BCUT2D eigenvalue weighted by molar-refractivity contribution is -0.0133. The molecule has 0 bridgehead atoms. The van der Waals surface area contributed by atoms with Gasteiger partial charge in [0, 0.05) is 37.0 Å². The quantitative estimate of drug-likeness (QED) is 0.841. The lowest BCUT2D eigenvalue weighted by atomic mass is 10.1. The highest BCUT2D eigenvalue weighted by Crippen LogP contribution is 2.24. The summed E-state index contributed by atoms with van der Waals surface area (Å²) in [6.45, 7) is 5.75. The molecule has 3 aliphatic heterocycles. The van der Waals surface area contributed by atoms with Crippen LogP contribution in [0.5, 0.6) is 0 Å². The first kappa shape index (κ1) is 14.2. The molecule has 0 aromatic heterocycles. The summed E-state index contributed by atoms with van der Waals surface area (Å²) in [4.78, 5) is 2.32. The van der Waals surface area contributed by atoms with Crippen LogP contribution < -0.4 is 5.32 Å². The maximum Gasteiger partial charge on any atom is 0.211 e. The first-order chi connectivity index (χ1) is 9.83. The van der Waals surface area contributed by atoms with Crippen molar-refractivity contribution in [1.82, 2.24) is 10.2 Å². The number of nitrogens with one attached hydrogen (secondary N) is 1. The second kappa shape index (κ2) is 6.83. The molecule has 0 aromatic rings. The van der Waals surface area contributed by atoms with Crippen molar-refractivity contribution in [3.05, 3.63) is 22.1 Å². The molecule has 3 aliphatic rings. The van der Waals surface area contributed by atoms with Crippen molar-refractivity contribution in [3.8, 4) is 0 Å². The molecular weight excluding hydrogens is 324 g/mol. The smallest absolute Gasteiger partial charge is 0.211 e. The van der Waals surface area contributed by atoms with Gasteiger partial charge in [-0.3, -0.25) is 0 Å². The van der Waals surface area contributed by atoms with Gasteiger partial charge in [0.05, 0.1) is 32.1 Å². The number of hydrogen-bond donors (Lipinski definition) is 1. The number of nitrogens with zero attached hydrogens (tertiary/aromatic N) is 1. The Morgan fingerprint density at radius 3 is 2.60 bits per heavy atom. The second-order valence-corrected chi connectivity index (χ2v) is 6.21. The number of dihydropyridines is 1. The van der Waals surface area contributed by atoms with Crippen LogP contribution in [-0.2, 0) is 14.2 Å². The number of halogens is 1. The fourth-order valence-electron chi connectivity index (χ4n) is 2.62. The van der Waals surface area contributed by atoms with Crippen LogP contribution in [0.15, 0.2) is 22.1 Å². The highest BCUT2D eigenvalue weighted by Gasteiger charge is 2.24. The fourth-order valence-corrected chi connectivity index (χ4v) is 2.98. The maximum absolute atomic E-state index is 6.19. The minimum atomic E-state index is 0.257. The van der Waals surface area contributed by atoms with Gasteiger partial charge in [-0.1, -0.05) is 15.9 Å². The highest BCUT2D eigenvalue weighted by atomic mass is 79.9. The molecule has 5 nitrogen and oxygen atoms in total. The predicted octanol–water partition coefficient (Wildman–Crippen LogP) is 1.57. The summed E-state index contributed by atoms with van der Waals surface area (Å²) in [5.74, 6) is 0.905. The van der Waals surface area contributed by atoms with Gasteiger partial charge in [0.2, 0.25) is 5.88 Å². The van der Waals surface area contributed by atoms with Crippen LogP contribution in [0, 0.1) is 0 Å². The molecule has 3 rings (SSSR count). The summed E-state index contributed by atoms with van der Waals surface area (Å²) in [6.07, 6.45) is 4.35. The Bertz CT molecular complexity index is 399. The van der Waals surface area contributed by atoms with Crippen LogP contribution in [0.25, 0.3) is 0 Å². The Labute approximate surface area is 128 Å². The Morgan fingerprint density at radius 2 is 1.85 bits per heavy atom. The summed E-state index contributed by atoms with van der Waals surface area (Å²) < 4.78 is 18.2. The lowest BCUT2D eigenvalue weighted by Crippen LogP contribution is -2.39. The molecule has 1 N–H and O–H groups in total. The van der Waals surface area contributed by atoms with E-state index in [1.807, 2.05) is 0 Å². The van der Waals surface area contributed by atoms with Crippen molar-refractivity contribution in [3.63, 3.8) is 0 Å². The molecule has 0 atom stereocenters. The zero-order valence-corrected chi connectivity index (χ0v) is 13.2. The van der Waals surface area contributed by atoms with E-state index in [-0.39, 0.29) is 6.10 Å². The van der Waals surface area contributed by atoms with Gasteiger partial charge in [0.1, 0.15) is 6.10 Å². The molecule has 0 unspecified atom stereocenters. The third-order valence-electron chi connectivity index (χ3n) is 3.75. The van der Waals surface area contributed by atoms with Crippen molar-refractivity contribution < 1.29 is 14.2 Å². The number of morpholine rings is 1. The molecule has 0 radical (unpaired) electrons. The molecule has 3 heterocycles. The summed E-state index contributed by atoms with van der Waals surface area (Å²) in [7, 11) is 0. The van der Waals surface area contributed by atoms with Gasteiger partial charge in [-0.15, -0.1) is 0 Å². The van der Waals surface area contributed by atoms with Crippen LogP contribution in [0.1, 0.15) is 12.8 Å². The molecule has 6 heteroatoms. The minimum Gasteiger partial charge on any atom is -0.474 e. The Hall–Kier alpha value is -0.720. The van der Waals surface area contributed by atoms with E-state index in [0.29, 0.717) is 0 Å². The first-order valence-electron chi connectivity index (χ1n) is 7.24. The van der Waals surface area contributed by atoms with E-state index in [2.05, 4.69) is 32.2 Å². The summed E-state index contributed by atoms with van der Waals surface area (Å²) >= 11 is 3.58. The topological polar surface area (TPSA) is 43.0 Å². The number of allylic oxidation sites excluding steroid dienone is 1. The molecule has 0 aromatic carbocycles. The molecule has 0 aliphatic carbocycles. The van der Waals surface area contributed by atoms with E-state index in [1.165, 1.54) is 0 Å². The maximum atomic E-state index is 6.19. The molecule has 20 heavy (non-hydrogen) atoms. The van der Waals surface area contributed by atoms with Crippen molar-refractivity contribution in [1.29, 1.82) is 0 Å². The van der Waals surface area contributed by atoms with Crippen molar-refractivity contribution in [2.45, 2.75) is 18.9 Å². The molecule has 0 amide bonds. The van der Waals surface area contributed by atoms with Gasteiger partial charge in [-0.2, -0.15) is 0 Å². The van der Waals surface area contributed by atoms with E-state index in [1.54, 1.807) is 0 Å². The van der Waals surface area contributed by atoms with Gasteiger partial charge in [-0.05, 0) is 6.08 Å². The van der Waals surface area contributed by atoms with Crippen molar-refractivity contribution in [2.24, 2.45) is 0 Å². The second-order valence-electron chi connectivity index (χ2n) is 5.19. The third kappa shape index (κ3) is 3.48. The zero-order valence-electron chi connectivity index (χ0n) is 11.6. The molecule has 2 fully saturated rings. The van der Waals surface area contributed by atoms with E-state index in [4.69, 9.17) is 14.2 Å². The van der Waals surface area contributed by atoms with Gasteiger partial charge in [0.25, 0.3) is 0 Å². The van der Waals surface area contributed by atoms with E-state index >= 15 is 0 Å². The Morgan fingerprint density at radius 1 is 1.15 bits per heavy atom. The fraction of sp³-hybridized carbons (Fsp3) is 0.714. The van der Waals surface area contributed by atoms with Crippen LogP contribution in [0.3, 0.4) is 0 Å². The standard InChI is InChI=1S/C14H21BrN2O3/c15-11-9-13(17-3-7-19-8-4-17)14(16-10-11)20-12-1-5-18-6-2-12/h9,12,16H,1-8,10H2. The van der Waals surface area contributed by atoms with Gasteiger partial charge >= 0.3 is 0 Å². The lowest BCUT2D eigenvalue weighted by Gasteiger charge is -2.34. The third-order valence-corrected chi connectivity index (χ3v) is 4.26. The first-order valence-corrected chi connectivity index (χ1v) is 8.03. The summed E-state index contributed by atoms with van der Waals surface area (Å²) in [6, 6.07) is 0. The SMILES string of the molecule is BrC1=CC(N2CCOCC2)=C(OC2CCOCC2)NC1. The molecular formula is C14H21BrN2O3. The number of rotatable bonds is 3. The van der Waals surface area contributed by atoms with Gasteiger partial charge < -0.3 is 24.4 Å². The largest absolute Gasteiger partial charge is 0.474 e. The van der Waals surface area contributed by atoms with Crippen LogP contribution in [-0.4, -0.2) is 57.1 Å². The highest BCUT2D eigenvalue weighted by molar-refractivity contribution is 9.11. The van der Waals surface area contributed by atoms with Crippen molar-refractivity contribution in [2.75, 3.05) is 46.1 Å². The normalized spacial score (nSPS) is 25.2. The van der Waals surface area contributed by atoms with Gasteiger partial charge in [0.15, 0.2) is 0 Å². The Balaban J connectivity index is 1.74. The molecule has 0 saturated carbocycles. The van der Waals surface area contributed by atoms with Crippen molar-refractivity contribution >= 4 is 15.9 Å². The predicted molar refractivity (Wildman–Crippen MR) is 79.4 cm³/mol. The average Bonchev–Trinajstić information content (AvgIpc) is 2.51. The van der Waals surface area contributed by atoms with Gasteiger partial charge in [-0.25, -0.2) is 0 Å². The Kier molecular flexibility index (Phi) is 4.86. The molecule has 2 saturated heterocycles. The van der Waals surface area contributed by atoms with Crippen LogP contribution in [0.4, 0.5) is 0 Å². The number of hydrogen-bond acceptors (Lipinski definition) is 5. The van der Waals surface area contributed by atoms with Crippen LogP contribution >= 0.6 is 15.9 Å².